The van der Waals surface area contributed by atoms with Crippen molar-refractivity contribution in [1.82, 2.24) is 0 Å². The second kappa shape index (κ2) is 2.94. The quantitative estimate of drug-likeness (QED) is 0.439. The Kier molecular flexibility index (Phi) is 2.88. The zero-order valence-corrected chi connectivity index (χ0v) is 5.31. The molecule has 0 bridgehead atoms. The molecular formula is O4S3. The van der Waals surface area contributed by atoms with Crippen molar-refractivity contribution < 1.29 is 16.8 Å². The third kappa shape index (κ3) is 5.86. The van der Waals surface area contributed by atoms with Crippen LogP contribution >= 0.6 is 0 Å². The molecule has 0 amide bonds. The third-order valence-electron chi connectivity index (χ3n) is 0.111. The Bertz CT molecular complexity index is 247. The number of rotatable bonds is 0. The number of hydrogen-bond acceptors (Lipinski definition) is 4. The molecule has 0 aliphatic heterocycles. The van der Waals surface area contributed by atoms with Crippen molar-refractivity contribution in [2.24, 2.45) is 0 Å². The molecule has 0 saturated carbocycles. The topological polar surface area (TPSA) is 68.3 Å². The van der Waals surface area contributed by atoms with Crippen LogP contribution in [0.25, 0.3) is 0 Å². The molecule has 0 aliphatic rings. The second-order valence-electron chi connectivity index (χ2n) is 0.476. The van der Waals surface area contributed by atoms with Crippen LogP contribution in [-0.4, -0.2) is 16.8 Å². The Morgan fingerprint density at radius 1 is 0.857 bits per heavy atom. The van der Waals surface area contributed by atoms with Gasteiger partial charge in [-0.25, -0.2) is 0 Å². The van der Waals surface area contributed by atoms with Gasteiger partial charge in [-0.3, -0.25) is 0 Å². The molecule has 7 heavy (non-hydrogen) atoms. The summed E-state index contributed by atoms with van der Waals surface area (Å²) >= 11 is 0. The minimum Gasteiger partial charge on any atom is -0.172 e. The van der Waals surface area contributed by atoms with E-state index in [2.05, 4.69) is 0 Å². The third-order valence-corrected chi connectivity index (χ3v) is 3.00. The maximum Gasteiger partial charge on any atom is 0.288 e. The highest BCUT2D eigenvalue weighted by molar-refractivity contribution is 8.43. The Labute approximate surface area is 44.7 Å². The van der Waals surface area contributed by atoms with Gasteiger partial charge >= 0.3 is 0 Å². The molecule has 0 aromatic rings. The maximum absolute atomic E-state index is 9.38. The summed E-state index contributed by atoms with van der Waals surface area (Å²) < 4.78 is 37.5. The van der Waals surface area contributed by atoms with E-state index in [9.17, 15) is 16.8 Å². The van der Waals surface area contributed by atoms with Gasteiger partial charge < -0.3 is 0 Å². The fraction of sp³-hybridized carbons (Fsp3) is 0. The van der Waals surface area contributed by atoms with Crippen LogP contribution in [-0.2, 0) is 27.4 Å². The molecule has 0 radical (unpaired) electrons. The van der Waals surface area contributed by atoms with Crippen LogP contribution in [0, 0.1) is 0 Å². The first-order valence-electron chi connectivity index (χ1n) is 1.00. The first kappa shape index (κ1) is 6.86. The fourth-order valence-corrected chi connectivity index (χ4v) is 1.22. The molecule has 7 heteroatoms. The van der Waals surface area contributed by atoms with Gasteiger partial charge in [0.05, 0.1) is 0 Å². The van der Waals surface area contributed by atoms with E-state index in [1.165, 1.54) is 0 Å². The highest BCUT2D eigenvalue weighted by Crippen LogP contribution is 1.34. The van der Waals surface area contributed by atoms with Crippen LogP contribution in [0.5, 0.6) is 0 Å². The van der Waals surface area contributed by atoms with Gasteiger partial charge in [-0.05, 0) is 0 Å². The summed E-state index contributed by atoms with van der Waals surface area (Å²) in [6.45, 7) is 0. The van der Waals surface area contributed by atoms with Gasteiger partial charge in [0.25, 0.3) is 18.5 Å². The lowest BCUT2D eigenvalue weighted by Gasteiger charge is -1.30. The molecule has 0 rings (SSSR count). The Morgan fingerprint density at radius 3 is 1.14 bits per heavy atom. The van der Waals surface area contributed by atoms with Crippen LogP contribution in [0.2, 0.25) is 0 Å². The highest BCUT2D eigenvalue weighted by atomic mass is 33.1. The molecule has 0 atom stereocenters. The standard InChI is InChI=1S/O4S3/c1-6(2)5-7(3)4. The van der Waals surface area contributed by atoms with Crippen LogP contribution in [0.15, 0.2) is 0 Å². The minimum absolute atomic E-state index is 0.157. The lowest BCUT2D eigenvalue weighted by Crippen LogP contribution is -1.51. The summed E-state index contributed by atoms with van der Waals surface area (Å²) in [6.07, 6.45) is 0. The molecule has 0 spiro atoms. The molecule has 0 N–H and O–H groups in total. The zero-order valence-electron chi connectivity index (χ0n) is 2.86. The molecule has 0 aliphatic carbocycles. The largest absolute Gasteiger partial charge is 0.288 e. The molecule has 4 nitrogen and oxygen atoms in total. The van der Waals surface area contributed by atoms with Gasteiger partial charge in [0, 0.05) is 0 Å². The van der Waals surface area contributed by atoms with Crippen LogP contribution < -0.4 is 0 Å². The Morgan fingerprint density at radius 2 is 1.14 bits per heavy atom. The van der Waals surface area contributed by atoms with Gasteiger partial charge in [-0.1, -0.05) is 0 Å². The van der Waals surface area contributed by atoms with Crippen LogP contribution in [0.3, 0.4) is 0 Å². The van der Waals surface area contributed by atoms with Crippen molar-refractivity contribution >= 4 is 27.4 Å². The summed E-state index contributed by atoms with van der Waals surface area (Å²) in [7, 11) is -5.24. The first-order chi connectivity index (χ1) is 3.13. The number of hydrogen-bond donors (Lipinski definition) is 0. The predicted molar refractivity (Wildman–Crippen MR) is 25.2 cm³/mol. The van der Waals surface area contributed by atoms with E-state index in [-0.39, 0.29) is 8.88 Å². The molecule has 0 unspecified atom stereocenters. The monoisotopic (exact) mass is 160 g/mol. The molecule has 0 heterocycles. The summed E-state index contributed by atoms with van der Waals surface area (Å²) in [5, 5.41) is 0. The van der Waals surface area contributed by atoms with Crippen molar-refractivity contribution in [1.29, 1.82) is 0 Å². The second-order valence-corrected chi connectivity index (χ2v) is 4.69. The van der Waals surface area contributed by atoms with E-state index < -0.39 is 18.5 Å². The molecule has 0 aromatic carbocycles. The molecular weight excluding hydrogens is 160 g/mol. The summed E-state index contributed by atoms with van der Waals surface area (Å²) in [4.78, 5) is 0. The Balaban J connectivity index is 5.91. The fourth-order valence-electron chi connectivity index (χ4n) is 0.0454. The van der Waals surface area contributed by atoms with E-state index in [1.807, 2.05) is 0 Å². The Hall–Kier alpha value is -0.140. The summed E-state index contributed by atoms with van der Waals surface area (Å²) in [5.74, 6) is 0. The average Bonchev–Trinajstić information content (AvgIpc) is 1.27. The van der Waals surface area contributed by atoms with Crippen molar-refractivity contribution in [3.8, 4) is 0 Å². The summed E-state index contributed by atoms with van der Waals surface area (Å²) in [6, 6.07) is 0. The van der Waals surface area contributed by atoms with Gasteiger partial charge in [0.1, 0.15) is 8.88 Å². The van der Waals surface area contributed by atoms with Gasteiger partial charge in [-0.2, -0.15) is 16.8 Å². The highest BCUT2D eigenvalue weighted by Gasteiger charge is 1.56. The molecule has 42 valence electrons. The predicted octanol–water partition coefficient (Wildman–Crippen LogP) is -1.34. The molecule has 0 fully saturated rings. The molecule has 0 aromatic heterocycles. The normalized spacial score (nSPS) is 7.43. The van der Waals surface area contributed by atoms with Crippen molar-refractivity contribution in [3.05, 3.63) is 0 Å². The van der Waals surface area contributed by atoms with E-state index in [0.29, 0.717) is 0 Å². The van der Waals surface area contributed by atoms with E-state index in [4.69, 9.17) is 0 Å². The van der Waals surface area contributed by atoms with Gasteiger partial charge in [0.2, 0.25) is 0 Å². The van der Waals surface area contributed by atoms with Crippen molar-refractivity contribution in [2.75, 3.05) is 0 Å². The van der Waals surface area contributed by atoms with Crippen molar-refractivity contribution in [2.45, 2.75) is 0 Å². The SMILES string of the molecule is O=S(=O)=S=S(=O)=O. The van der Waals surface area contributed by atoms with Gasteiger partial charge in [-0.15, -0.1) is 0 Å². The minimum atomic E-state index is -2.54. The maximum atomic E-state index is 9.38. The average molecular weight is 160 g/mol. The van der Waals surface area contributed by atoms with Gasteiger partial charge in [0.15, 0.2) is 0 Å². The lowest BCUT2D eigenvalue weighted by molar-refractivity contribution is 0.628. The van der Waals surface area contributed by atoms with Crippen LogP contribution in [0.4, 0.5) is 0 Å². The van der Waals surface area contributed by atoms with Crippen molar-refractivity contribution in [3.63, 3.8) is 0 Å². The summed E-state index contributed by atoms with van der Waals surface area (Å²) in [5.41, 5.74) is 0. The first-order valence-corrected chi connectivity index (χ1v) is 5.00. The molecule has 0 saturated heterocycles. The lowest BCUT2D eigenvalue weighted by atomic mass is 15.9. The smallest absolute Gasteiger partial charge is 0.172 e. The van der Waals surface area contributed by atoms with E-state index >= 15 is 0 Å². The zero-order chi connectivity index (χ0) is 5.86. The van der Waals surface area contributed by atoms with E-state index in [0.717, 1.165) is 0 Å². The van der Waals surface area contributed by atoms with Crippen LogP contribution in [0.1, 0.15) is 0 Å². The van der Waals surface area contributed by atoms with E-state index in [1.54, 1.807) is 0 Å².